The number of rotatable bonds is 1. The summed E-state index contributed by atoms with van der Waals surface area (Å²) in [5.41, 5.74) is 6.95. The summed E-state index contributed by atoms with van der Waals surface area (Å²) in [6, 6.07) is 7.82. The minimum absolute atomic E-state index is 0.0101. The Morgan fingerprint density at radius 3 is 2.83 bits per heavy atom. The lowest BCUT2D eigenvalue weighted by Crippen LogP contribution is -2.56. The van der Waals surface area contributed by atoms with Crippen molar-refractivity contribution in [2.75, 3.05) is 18.1 Å². The molecule has 2 heterocycles. The van der Waals surface area contributed by atoms with Gasteiger partial charge in [-0.2, -0.15) is 0 Å². The molecule has 1 aromatic carbocycles. The molecule has 1 aromatic rings. The van der Waals surface area contributed by atoms with Crippen LogP contribution in [0.2, 0.25) is 0 Å². The second-order valence-corrected chi connectivity index (χ2v) is 7.64. The summed E-state index contributed by atoms with van der Waals surface area (Å²) in [5.74, 6) is 1.35. The standard InChI is InChI=1S/C13H17NO3S/c14-13(11-5-6-18(15,16)8-11)7-10-3-1-2-4-12(10)17-9-13/h1-4,11H,5-9,14H2. The lowest BCUT2D eigenvalue weighted by molar-refractivity contribution is 0.144. The molecule has 2 N–H and O–H groups in total. The molecule has 0 radical (unpaired) electrons. The fourth-order valence-electron chi connectivity index (χ4n) is 2.92. The number of fused-ring (bicyclic) bond motifs is 1. The molecule has 0 bridgehead atoms. The Labute approximate surface area is 107 Å². The van der Waals surface area contributed by atoms with Crippen LogP contribution in [0.25, 0.3) is 0 Å². The maximum atomic E-state index is 11.6. The molecular formula is C13H17NO3S. The molecule has 18 heavy (non-hydrogen) atoms. The maximum Gasteiger partial charge on any atom is 0.150 e. The van der Waals surface area contributed by atoms with Crippen molar-refractivity contribution in [1.82, 2.24) is 0 Å². The van der Waals surface area contributed by atoms with Crippen LogP contribution in [0.1, 0.15) is 12.0 Å². The lowest BCUT2D eigenvalue weighted by atomic mass is 9.78. The van der Waals surface area contributed by atoms with Crippen molar-refractivity contribution < 1.29 is 13.2 Å². The average molecular weight is 267 g/mol. The molecule has 0 aliphatic carbocycles. The highest BCUT2D eigenvalue weighted by atomic mass is 32.2. The second kappa shape index (κ2) is 3.96. The van der Waals surface area contributed by atoms with Crippen LogP contribution < -0.4 is 10.5 Å². The first-order chi connectivity index (χ1) is 8.49. The van der Waals surface area contributed by atoms with Crippen molar-refractivity contribution in [3.05, 3.63) is 29.8 Å². The Morgan fingerprint density at radius 2 is 2.11 bits per heavy atom. The molecule has 2 atom stereocenters. The van der Waals surface area contributed by atoms with E-state index < -0.39 is 15.4 Å². The Hall–Kier alpha value is -1.07. The normalized spacial score (nSPS) is 33.7. The minimum atomic E-state index is -2.90. The number of hydrogen-bond donors (Lipinski definition) is 1. The van der Waals surface area contributed by atoms with Crippen molar-refractivity contribution >= 4 is 9.84 Å². The van der Waals surface area contributed by atoms with Gasteiger partial charge in [-0.05, 0) is 30.4 Å². The molecule has 98 valence electrons. The number of ether oxygens (including phenoxy) is 1. The van der Waals surface area contributed by atoms with E-state index in [0.29, 0.717) is 19.4 Å². The molecule has 0 spiro atoms. The Bertz CT molecular complexity index is 569. The number of sulfone groups is 1. The van der Waals surface area contributed by atoms with Gasteiger partial charge in [0.2, 0.25) is 0 Å². The molecule has 2 aliphatic heterocycles. The summed E-state index contributed by atoms with van der Waals surface area (Å²) >= 11 is 0. The van der Waals surface area contributed by atoms with Crippen molar-refractivity contribution in [2.24, 2.45) is 11.7 Å². The van der Waals surface area contributed by atoms with Crippen LogP contribution in [0.4, 0.5) is 0 Å². The van der Waals surface area contributed by atoms with Crippen LogP contribution in [-0.2, 0) is 16.3 Å². The van der Waals surface area contributed by atoms with E-state index in [4.69, 9.17) is 10.5 Å². The van der Waals surface area contributed by atoms with Gasteiger partial charge in [-0.25, -0.2) is 8.42 Å². The molecule has 0 amide bonds. The van der Waals surface area contributed by atoms with Crippen LogP contribution in [0.5, 0.6) is 5.75 Å². The number of nitrogens with two attached hydrogens (primary N) is 1. The van der Waals surface area contributed by atoms with E-state index in [1.165, 1.54) is 0 Å². The summed E-state index contributed by atoms with van der Waals surface area (Å²) in [6.45, 7) is 0.407. The van der Waals surface area contributed by atoms with Gasteiger partial charge < -0.3 is 10.5 Å². The molecule has 3 rings (SSSR count). The molecule has 4 nitrogen and oxygen atoms in total. The highest BCUT2D eigenvalue weighted by molar-refractivity contribution is 7.91. The SMILES string of the molecule is NC1(C2CCS(=O)(=O)C2)COc2ccccc2C1. The monoisotopic (exact) mass is 267 g/mol. The van der Waals surface area contributed by atoms with Gasteiger partial charge in [0, 0.05) is 0 Å². The van der Waals surface area contributed by atoms with Crippen LogP contribution in [0.15, 0.2) is 24.3 Å². The van der Waals surface area contributed by atoms with Gasteiger partial charge in [-0.1, -0.05) is 18.2 Å². The van der Waals surface area contributed by atoms with Crippen molar-refractivity contribution in [2.45, 2.75) is 18.4 Å². The zero-order chi connectivity index (χ0) is 12.8. The minimum Gasteiger partial charge on any atom is -0.491 e. The molecule has 2 aliphatic rings. The molecule has 0 saturated carbocycles. The summed E-state index contributed by atoms with van der Waals surface area (Å²) in [4.78, 5) is 0. The van der Waals surface area contributed by atoms with Gasteiger partial charge in [0.1, 0.15) is 12.4 Å². The zero-order valence-corrected chi connectivity index (χ0v) is 10.9. The van der Waals surface area contributed by atoms with Gasteiger partial charge in [0.25, 0.3) is 0 Å². The van der Waals surface area contributed by atoms with Gasteiger partial charge in [0.15, 0.2) is 9.84 Å². The predicted molar refractivity (Wildman–Crippen MR) is 69.3 cm³/mol. The quantitative estimate of drug-likeness (QED) is 0.815. The van der Waals surface area contributed by atoms with Gasteiger partial charge >= 0.3 is 0 Å². The Balaban J connectivity index is 1.86. The van der Waals surface area contributed by atoms with E-state index in [9.17, 15) is 8.42 Å². The lowest BCUT2D eigenvalue weighted by Gasteiger charge is -2.38. The first kappa shape index (κ1) is 12.0. The average Bonchev–Trinajstić information content (AvgIpc) is 2.70. The van der Waals surface area contributed by atoms with E-state index >= 15 is 0 Å². The smallest absolute Gasteiger partial charge is 0.150 e. The molecule has 5 heteroatoms. The topological polar surface area (TPSA) is 69.4 Å². The van der Waals surface area contributed by atoms with Gasteiger partial charge in [0.05, 0.1) is 17.0 Å². The third-order valence-electron chi connectivity index (χ3n) is 4.03. The van der Waals surface area contributed by atoms with Gasteiger partial charge in [-0.15, -0.1) is 0 Å². The first-order valence-corrected chi connectivity index (χ1v) is 8.01. The zero-order valence-electron chi connectivity index (χ0n) is 10.1. The summed E-state index contributed by atoms with van der Waals surface area (Å²) in [6.07, 6.45) is 1.35. The van der Waals surface area contributed by atoms with E-state index in [2.05, 4.69) is 0 Å². The third kappa shape index (κ3) is 2.01. The molecule has 2 unspecified atom stereocenters. The first-order valence-electron chi connectivity index (χ1n) is 6.19. The summed E-state index contributed by atoms with van der Waals surface area (Å²) < 4.78 is 28.8. The van der Waals surface area contributed by atoms with Crippen molar-refractivity contribution in [3.8, 4) is 5.75 Å². The molecule has 0 aromatic heterocycles. The number of hydrogen-bond acceptors (Lipinski definition) is 4. The summed E-state index contributed by atoms with van der Waals surface area (Å²) in [5, 5.41) is 0. The number of para-hydroxylation sites is 1. The van der Waals surface area contributed by atoms with Crippen LogP contribution in [0.3, 0.4) is 0 Å². The third-order valence-corrected chi connectivity index (χ3v) is 5.80. The highest BCUT2D eigenvalue weighted by Crippen LogP contribution is 2.36. The predicted octanol–water partition coefficient (Wildman–Crippen LogP) is 0.754. The maximum absolute atomic E-state index is 11.6. The fraction of sp³-hybridized carbons (Fsp3) is 0.538. The van der Waals surface area contributed by atoms with Crippen LogP contribution in [-0.4, -0.2) is 32.1 Å². The summed E-state index contributed by atoms with van der Waals surface area (Å²) in [7, 11) is -2.90. The molecule has 1 fully saturated rings. The number of benzene rings is 1. The molecular weight excluding hydrogens is 250 g/mol. The van der Waals surface area contributed by atoms with Crippen LogP contribution >= 0.6 is 0 Å². The van der Waals surface area contributed by atoms with Crippen LogP contribution in [0, 0.1) is 5.92 Å². The van der Waals surface area contributed by atoms with E-state index in [0.717, 1.165) is 11.3 Å². The Morgan fingerprint density at radius 1 is 1.33 bits per heavy atom. The largest absolute Gasteiger partial charge is 0.491 e. The van der Waals surface area contributed by atoms with E-state index in [1.807, 2.05) is 24.3 Å². The van der Waals surface area contributed by atoms with Crippen molar-refractivity contribution in [1.29, 1.82) is 0 Å². The second-order valence-electron chi connectivity index (χ2n) is 5.41. The fourth-order valence-corrected chi connectivity index (χ4v) is 4.84. The van der Waals surface area contributed by atoms with E-state index in [-0.39, 0.29) is 17.4 Å². The van der Waals surface area contributed by atoms with Gasteiger partial charge in [-0.3, -0.25) is 0 Å². The molecule has 1 saturated heterocycles. The Kier molecular flexibility index (Phi) is 2.64. The van der Waals surface area contributed by atoms with Crippen molar-refractivity contribution in [3.63, 3.8) is 0 Å². The van der Waals surface area contributed by atoms with E-state index in [1.54, 1.807) is 0 Å². The highest BCUT2D eigenvalue weighted by Gasteiger charge is 2.44.